The van der Waals surface area contributed by atoms with Crippen molar-refractivity contribution in [2.24, 2.45) is 0 Å². The molecular formula is C16H18Cl2N2O5. The molecule has 7 nitrogen and oxygen atoms in total. The highest BCUT2D eigenvalue weighted by Crippen LogP contribution is 2.26. The number of carbonyl (C=O) groups is 3. The maximum atomic E-state index is 12.7. The first-order chi connectivity index (χ1) is 11.8. The first-order valence-electron chi connectivity index (χ1n) is 7.63. The molecule has 25 heavy (non-hydrogen) atoms. The van der Waals surface area contributed by atoms with Gasteiger partial charge in [-0.25, -0.2) is 4.79 Å². The highest BCUT2D eigenvalue weighted by atomic mass is 35.5. The van der Waals surface area contributed by atoms with Gasteiger partial charge in [-0.15, -0.1) is 0 Å². The molecule has 2 rings (SSSR count). The number of aliphatic carboxylic acids is 1. The van der Waals surface area contributed by atoms with E-state index in [1.165, 1.54) is 24.1 Å². The molecule has 0 aromatic heterocycles. The largest absolute Gasteiger partial charge is 0.480 e. The van der Waals surface area contributed by atoms with Gasteiger partial charge >= 0.3 is 5.97 Å². The second kappa shape index (κ2) is 8.51. The number of ether oxygens (including phenoxy) is 1. The van der Waals surface area contributed by atoms with Crippen LogP contribution in [0.5, 0.6) is 0 Å². The van der Waals surface area contributed by atoms with Crippen LogP contribution >= 0.6 is 23.2 Å². The zero-order chi connectivity index (χ0) is 18.6. The van der Waals surface area contributed by atoms with E-state index in [1.807, 2.05) is 0 Å². The Hall–Kier alpha value is -1.83. The van der Waals surface area contributed by atoms with Crippen molar-refractivity contribution in [3.63, 3.8) is 0 Å². The lowest BCUT2D eigenvalue weighted by Gasteiger charge is -2.25. The number of rotatable bonds is 6. The van der Waals surface area contributed by atoms with Crippen molar-refractivity contribution >= 4 is 41.0 Å². The Bertz CT molecular complexity index is 682. The van der Waals surface area contributed by atoms with Gasteiger partial charge in [-0.05, 0) is 31.0 Å². The summed E-state index contributed by atoms with van der Waals surface area (Å²) in [5, 5.41) is 12.1. The van der Waals surface area contributed by atoms with E-state index in [0.29, 0.717) is 24.4 Å². The second-order valence-corrected chi connectivity index (χ2v) is 6.48. The number of nitrogens with zero attached hydrogens (tertiary/aromatic N) is 1. The first-order valence-corrected chi connectivity index (χ1v) is 8.39. The molecule has 1 saturated heterocycles. The van der Waals surface area contributed by atoms with Crippen molar-refractivity contribution in [1.29, 1.82) is 0 Å². The van der Waals surface area contributed by atoms with Gasteiger partial charge in [-0.3, -0.25) is 9.59 Å². The van der Waals surface area contributed by atoms with Crippen molar-refractivity contribution in [2.45, 2.75) is 24.9 Å². The van der Waals surface area contributed by atoms with Crippen LogP contribution in [0.15, 0.2) is 18.2 Å². The van der Waals surface area contributed by atoms with E-state index < -0.39 is 29.9 Å². The van der Waals surface area contributed by atoms with Crippen LogP contribution in [0.3, 0.4) is 0 Å². The van der Waals surface area contributed by atoms with Gasteiger partial charge in [-0.1, -0.05) is 23.2 Å². The lowest BCUT2D eigenvalue weighted by Crippen LogP contribution is -2.52. The molecule has 0 spiro atoms. The number of carboxylic acids is 1. The SMILES string of the molecule is COCC(NC(=O)C1CCCN1C(=O)c1cc(Cl)ccc1Cl)C(=O)O. The Morgan fingerprint density at radius 3 is 2.76 bits per heavy atom. The van der Waals surface area contributed by atoms with Crippen molar-refractivity contribution in [3.8, 4) is 0 Å². The number of benzene rings is 1. The van der Waals surface area contributed by atoms with Crippen LogP contribution in [-0.2, 0) is 14.3 Å². The number of likely N-dealkylation sites (tertiary alicyclic amines) is 1. The van der Waals surface area contributed by atoms with E-state index in [9.17, 15) is 14.4 Å². The number of nitrogens with one attached hydrogen (secondary N) is 1. The molecule has 2 N–H and O–H groups in total. The molecule has 1 aliphatic heterocycles. The Kier molecular flexibility index (Phi) is 6.64. The van der Waals surface area contributed by atoms with Gasteiger partial charge < -0.3 is 20.1 Å². The predicted octanol–water partition coefficient (Wildman–Crippen LogP) is 1.81. The van der Waals surface area contributed by atoms with Crippen molar-refractivity contribution in [3.05, 3.63) is 33.8 Å². The fourth-order valence-electron chi connectivity index (χ4n) is 2.71. The molecule has 0 bridgehead atoms. The summed E-state index contributed by atoms with van der Waals surface area (Å²) in [7, 11) is 1.34. The third-order valence-corrected chi connectivity index (χ3v) is 4.49. The molecule has 0 radical (unpaired) electrons. The molecule has 1 fully saturated rings. The molecule has 1 aliphatic rings. The average Bonchev–Trinajstić information content (AvgIpc) is 3.05. The van der Waals surface area contributed by atoms with Gasteiger partial charge in [0, 0.05) is 18.7 Å². The van der Waals surface area contributed by atoms with Gasteiger partial charge in [0.05, 0.1) is 17.2 Å². The van der Waals surface area contributed by atoms with Crippen LogP contribution in [0.4, 0.5) is 0 Å². The minimum absolute atomic E-state index is 0.165. The third-order valence-electron chi connectivity index (χ3n) is 3.92. The van der Waals surface area contributed by atoms with E-state index in [0.717, 1.165) is 0 Å². The predicted molar refractivity (Wildman–Crippen MR) is 92.0 cm³/mol. The summed E-state index contributed by atoms with van der Waals surface area (Å²) in [6, 6.07) is 2.59. The van der Waals surface area contributed by atoms with Gasteiger partial charge in [0.1, 0.15) is 6.04 Å². The van der Waals surface area contributed by atoms with Gasteiger partial charge in [0.2, 0.25) is 5.91 Å². The number of halogens is 2. The molecule has 1 aromatic rings. The highest BCUT2D eigenvalue weighted by Gasteiger charge is 2.36. The number of hydrogen-bond donors (Lipinski definition) is 2. The molecule has 9 heteroatoms. The van der Waals surface area contributed by atoms with Crippen LogP contribution in [0.1, 0.15) is 23.2 Å². The van der Waals surface area contributed by atoms with Crippen LogP contribution in [-0.4, -0.2) is 60.1 Å². The van der Waals surface area contributed by atoms with Crippen molar-refractivity contribution in [2.75, 3.05) is 20.3 Å². The molecule has 0 aliphatic carbocycles. The van der Waals surface area contributed by atoms with Gasteiger partial charge in [-0.2, -0.15) is 0 Å². The average molecular weight is 389 g/mol. The van der Waals surface area contributed by atoms with E-state index in [2.05, 4.69) is 5.32 Å². The van der Waals surface area contributed by atoms with Crippen LogP contribution < -0.4 is 5.32 Å². The molecule has 136 valence electrons. The number of methoxy groups -OCH3 is 1. The van der Waals surface area contributed by atoms with Gasteiger partial charge in [0.15, 0.2) is 6.04 Å². The van der Waals surface area contributed by atoms with E-state index >= 15 is 0 Å². The number of amides is 2. The lowest BCUT2D eigenvalue weighted by molar-refractivity contribution is -0.143. The van der Waals surface area contributed by atoms with Crippen LogP contribution in [0.25, 0.3) is 0 Å². The highest BCUT2D eigenvalue weighted by molar-refractivity contribution is 6.35. The van der Waals surface area contributed by atoms with Crippen molar-refractivity contribution < 1.29 is 24.2 Å². The summed E-state index contributed by atoms with van der Waals surface area (Å²) in [4.78, 5) is 37.7. The molecule has 2 amide bonds. The van der Waals surface area contributed by atoms with Crippen LogP contribution in [0, 0.1) is 0 Å². The second-order valence-electron chi connectivity index (χ2n) is 5.64. The summed E-state index contributed by atoms with van der Waals surface area (Å²) in [6.45, 7) is 0.212. The van der Waals surface area contributed by atoms with E-state index in [4.69, 9.17) is 33.0 Å². The monoisotopic (exact) mass is 388 g/mol. The van der Waals surface area contributed by atoms with Gasteiger partial charge in [0.25, 0.3) is 5.91 Å². The van der Waals surface area contributed by atoms with Crippen LogP contribution in [0.2, 0.25) is 10.0 Å². The molecular weight excluding hydrogens is 371 g/mol. The number of carbonyl (C=O) groups excluding carboxylic acids is 2. The maximum absolute atomic E-state index is 12.7. The fraction of sp³-hybridized carbons (Fsp3) is 0.438. The standard InChI is InChI=1S/C16H18Cl2N2O5/c1-25-8-12(16(23)24)19-14(21)13-3-2-6-20(13)15(22)10-7-9(17)4-5-11(10)18/h4-5,7,12-13H,2-3,6,8H2,1H3,(H,19,21)(H,23,24). The zero-order valence-electron chi connectivity index (χ0n) is 13.5. The fourth-order valence-corrected chi connectivity index (χ4v) is 3.08. The van der Waals surface area contributed by atoms with E-state index in [-0.39, 0.29) is 17.2 Å². The molecule has 2 atom stereocenters. The molecule has 1 aromatic carbocycles. The summed E-state index contributed by atoms with van der Waals surface area (Å²) in [5.74, 6) is -2.15. The smallest absolute Gasteiger partial charge is 0.328 e. The number of hydrogen-bond acceptors (Lipinski definition) is 4. The first kappa shape index (κ1) is 19.5. The Balaban J connectivity index is 2.16. The minimum Gasteiger partial charge on any atom is -0.480 e. The normalized spacial score (nSPS) is 18.0. The van der Waals surface area contributed by atoms with Crippen molar-refractivity contribution in [1.82, 2.24) is 10.2 Å². The summed E-state index contributed by atoms with van der Waals surface area (Å²) >= 11 is 12.0. The Morgan fingerprint density at radius 2 is 2.12 bits per heavy atom. The Morgan fingerprint density at radius 1 is 1.40 bits per heavy atom. The summed E-state index contributed by atoms with van der Waals surface area (Å²) in [6.07, 6.45) is 1.07. The molecule has 0 saturated carbocycles. The zero-order valence-corrected chi connectivity index (χ0v) is 15.0. The van der Waals surface area contributed by atoms with E-state index in [1.54, 1.807) is 6.07 Å². The molecule has 2 unspecified atom stereocenters. The third kappa shape index (κ3) is 4.62. The molecule has 1 heterocycles. The quantitative estimate of drug-likeness (QED) is 0.774. The topological polar surface area (TPSA) is 95.9 Å². The lowest BCUT2D eigenvalue weighted by atomic mass is 10.1. The number of carboxylic acid groups (broad SMARTS) is 1. The summed E-state index contributed by atoms with van der Waals surface area (Å²) in [5.41, 5.74) is 0.209. The Labute approximate surface area is 154 Å². The minimum atomic E-state index is -1.20. The maximum Gasteiger partial charge on any atom is 0.328 e. The summed E-state index contributed by atoms with van der Waals surface area (Å²) < 4.78 is 4.79.